The van der Waals surface area contributed by atoms with Gasteiger partial charge in [0.25, 0.3) is 0 Å². The monoisotopic (exact) mass is 185 g/mol. The second-order valence-corrected chi connectivity index (χ2v) is 2.96. The highest BCUT2D eigenvalue weighted by atomic mass is 14.9. The lowest BCUT2D eigenvalue weighted by Crippen LogP contribution is -1.91. The predicted octanol–water partition coefficient (Wildman–Crippen LogP) is 3.34. The molecule has 0 unspecified atom stereocenters. The molecule has 1 nitrogen and oxygen atoms in total. The van der Waals surface area contributed by atoms with Crippen molar-refractivity contribution in [1.29, 1.82) is 0 Å². The highest BCUT2D eigenvalue weighted by Gasteiger charge is 1.99. The fourth-order valence-corrected chi connectivity index (χ4v) is 1.29. The number of aromatic nitrogens is 1. The van der Waals surface area contributed by atoms with E-state index in [0.29, 0.717) is 0 Å². The fraction of sp³-hybridized carbons (Fsp3) is 0.0769. The van der Waals surface area contributed by atoms with E-state index in [1.165, 1.54) is 5.69 Å². The first-order valence-electron chi connectivity index (χ1n) is 4.53. The number of hydrogen-bond donors (Lipinski definition) is 0. The molecule has 1 aromatic heterocycles. The Kier molecular flexibility index (Phi) is 3.74. The van der Waals surface area contributed by atoms with Gasteiger partial charge in [0.2, 0.25) is 0 Å². The van der Waals surface area contributed by atoms with E-state index in [0.717, 1.165) is 5.57 Å². The molecular weight excluding hydrogens is 170 g/mol. The lowest BCUT2D eigenvalue weighted by atomic mass is 10.1. The maximum absolute atomic E-state index is 3.70. The average Bonchev–Trinajstić information content (AvgIpc) is 2.59. The lowest BCUT2D eigenvalue weighted by Gasteiger charge is -2.02. The van der Waals surface area contributed by atoms with Crippen LogP contribution in [-0.2, 0) is 7.05 Å². The van der Waals surface area contributed by atoms with Gasteiger partial charge in [-0.3, -0.25) is 0 Å². The zero-order valence-corrected chi connectivity index (χ0v) is 8.48. The number of rotatable bonds is 4. The molecule has 0 aliphatic rings. The van der Waals surface area contributed by atoms with E-state index in [4.69, 9.17) is 0 Å². The van der Waals surface area contributed by atoms with Crippen LogP contribution in [0, 0.1) is 0 Å². The van der Waals surface area contributed by atoms with Gasteiger partial charge in [0.05, 0.1) is 0 Å². The van der Waals surface area contributed by atoms with Gasteiger partial charge in [0.1, 0.15) is 0 Å². The van der Waals surface area contributed by atoms with Crippen LogP contribution in [-0.4, -0.2) is 4.57 Å². The second-order valence-electron chi connectivity index (χ2n) is 2.96. The molecule has 0 radical (unpaired) electrons. The number of hydrogen-bond acceptors (Lipinski definition) is 0. The molecule has 72 valence electrons. The van der Waals surface area contributed by atoms with Crippen LogP contribution < -0.4 is 0 Å². The minimum Gasteiger partial charge on any atom is -0.351 e. The summed E-state index contributed by atoms with van der Waals surface area (Å²) >= 11 is 0. The first-order chi connectivity index (χ1) is 6.79. The summed E-state index contributed by atoms with van der Waals surface area (Å²) in [7, 11) is 2.02. The maximum atomic E-state index is 3.70. The van der Waals surface area contributed by atoms with Gasteiger partial charge < -0.3 is 4.57 Å². The molecule has 0 aromatic carbocycles. The van der Waals surface area contributed by atoms with Crippen molar-refractivity contribution in [3.8, 4) is 0 Å². The summed E-state index contributed by atoms with van der Waals surface area (Å²) in [4.78, 5) is 0. The summed E-state index contributed by atoms with van der Waals surface area (Å²) in [6.07, 6.45) is 11.5. The van der Waals surface area contributed by atoms with Gasteiger partial charge in [-0.2, -0.15) is 0 Å². The van der Waals surface area contributed by atoms with Crippen LogP contribution in [0.4, 0.5) is 0 Å². The Morgan fingerprint density at radius 2 is 2.14 bits per heavy atom. The van der Waals surface area contributed by atoms with Gasteiger partial charge in [-0.1, -0.05) is 43.5 Å². The van der Waals surface area contributed by atoms with Crippen LogP contribution in [0.2, 0.25) is 0 Å². The summed E-state index contributed by atoms with van der Waals surface area (Å²) in [5, 5.41) is 0. The van der Waals surface area contributed by atoms with Crippen molar-refractivity contribution in [1.82, 2.24) is 4.57 Å². The Hall–Kier alpha value is -1.76. The molecule has 0 fully saturated rings. The maximum Gasteiger partial charge on any atom is 0.0477 e. The minimum atomic E-state index is 1.13. The van der Waals surface area contributed by atoms with Gasteiger partial charge in [-0.25, -0.2) is 0 Å². The third-order valence-corrected chi connectivity index (χ3v) is 1.95. The average molecular weight is 185 g/mol. The predicted molar refractivity (Wildman–Crippen MR) is 62.9 cm³/mol. The third-order valence-electron chi connectivity index (χ3n) is 1.95. The van der Waals surface area contributed by atoms with Crippen molar-refractivity contribution in [2.75, 3.05) is 0 Å². The molecule has 1 aromatic rings. The normalized spacial score (nSPS) is 11.9. The van der Waals surface area contributed by atoms with Crippen molar-refractivity contribution in [2.45, 2.75) is 0 Å². The Morgan fingerprint density at radius 3 is 2.64 bits per heavy atom. The summed E-state index contributed by atoms with van der Waals surface area (Å²) in [5.74, 6) is 0. The second kappa shape index (κ2) is 5.07. The Balaban J connectivity index is 3.06. The molecule has 14 heavy (non-hydrogen) atoms. The van der Waals surface area contributed by atoms with Crippen LogP contribution in [0.1, 0.15) is 5.69 Å². The topological polar surface area (TPSA) is 4.93 Å². The summed E-state index contributed by atoms with van der Waals surface area (Å²) < 4.78 is 2.07. The zero-order chi connectivity index (χ0) is 10.4. The summed E-state index contributed by atoms with van der Waals surface area (Å²) in [5.41, 5.74) is 2.30. The SMILES string of the molecule is C=C/C=C\C(=C/C=C)c1cccn1C. The van der Waals surface area contributed by atoms with E-state index in [-0.39, 0.29) is 0 Å². The zero-order valence-electron chi connectivity index (χ0n) is 8.48. The van der Waals surface area contributed by atoms with E-state index in [1.807, 2.05) is 37.5 Å². The molecule has 0 amide bonds. The minimum absolute atomic E-state index is 1.13. The van der Waals surface area contributed by atoms with Gasteiger partial charge in [-0.05, 0) is 17.7 Å². The first-order valence-corrected chi connectivity index (χ1v) is 4.53. The number of allylic oxidation sites excluding steroid dienone is 6. The molecule has 1 rings (SSSR count). The van der Waals surface area contributed by atoms with Gasteiger partial charge in [0.15, 0.2) is 0 Å². The van der Waals surface area contributed by atoms with Crippen LogP contribution in [0.25, 0.3) is 5.57 Å². The summed E-state index contributed by atoms with van der Waals surface area (Å²) in [6, 6.07) is 4.09. The van der Waals surface area contributed by atoms with Crippen LogP contribution in [0.15, 0.2) is 61.9 Å². The molecule has 0 aliphatic heterocycles. The van der Waals surface area contributed by atoms with Gasteiger partial charge >= 0.3 is 0 Å². The lowest BCUT2D eigenvalue weighted by molar-refractivity contribution is 0.910. The molecule has 1 heteroatoms. The van der Waals surface area contributed by atoms with Crippen molar-refractivity contribution in [2.24, 2.45) is 7.05 Å². The van der Waals surface area contributed by atoms with Gasteiger partial charge in [0, 0.05) is 18.9 Å². The van der Waals surface area contributed by atoms with Crippen LogP contribution in [0.5, 0.6) is 0 Å². The Morgan fingerprint density at radius 1 is 1.36 bits per heavy atom. The summed E-state index contributed by atoms with van der Waals surface area (Å²) in [6.45, 7) is 7.35. The van der Waals surface area contributed by atoms with E-state index in [1.54, 1.807) is 12.2 Å². The molecule has 0 saturated carbocycles. The van der Waals surface area contributed by atoms with Crippen molar-refractivity contribution in [3.05, 3.63) is 67.6 Å². The van der Waals surface area contributed by atoms with Crippen molar-refractivity contribution in [3.63, 3.8) is 0 Å². The van der Waals surface area contributed by atoms with Crippen LogP contribution in [0.3, 0.4) is 0 Å². The van der Waals surface area contributed by atoms with Crippen molar-refractivity contribution < 1.29 is 0 Å². The van der Waals surface area contributed by atoms with E-state index in [2.05, 4.69) is 23.8 Å². The number of aryl methyl sites for hydroxylation is 1. The largest absolute Gasteiger partial charge is 0.351 e. The molecule has 0 atom stereocenters. The molecule has 0 bridgehead atoms. The fourth-order valence-electron chi connectivity index (χ4n) is 1.29. The van der Waals surface area contributed by atoms with E-state index in [9.17, 15) is 0 Å². The van der Waals surface area contributed by atoms with E-state index >= 15 is 0 Å². The quantitative estimate of drug-likeness (QED) is 0.634. The van der Waals surface area contributed by atoms with Crippen LogP contribution >= 0.6 is 0 Å². The van der Waals surface area contributed by atoms with Crippen molar-refractivity contribution >= 4 is 5.57 Å². The Bertz CT molecular complexity index is 378. The Labute approximate surface area is 85.4 Å². The molecule has 1 heterocycles. The molecule has 0 spiro atoms. The standard InChI is InChI=1S/C13H15N/c1-4-6-9-12(8-5-2)13-10-7-11-14(13)3/h4-11H,1-2H2,3H3/b9-6-,12-8+. The first kappa shape index (κ1) is 10.3. The number of nitrogens with zero attached hydrogens (tertiary/aromatic N) is 1. The highest BCUT2D eigenvalue weighted by Crippen LogP contribution is 2.15. The van der Waals surface area contributed by atoms with E-state index < -0.39 is 0 Å². The molecule has 0 N–H and O–H groups in total. The van der Waals surface area contributed by atoms with Gasteiger partial charge in [-0.15, -0.1) is 0 Å². The smallest absolute Gasteiger partial charge is 0.0477 e. The highest BCUT2D eigenvalue weighted by molar-refractivity contribution is 5.73. The molecule has 0 aliphatic carbocycles. The third kappa shape index (κ3) is 2.36. The molecular formula is C13H15N. The molecule has 0 saturated heterocycles.